The Labute approximate surface area is 126 Å². The first-order valence-corrected chi connectivity index (χ1v) is 7.68. The summed E-state index contributed by atoms with van der Waals surface area (Å²) in [6, 6.07) is 9.71. The third-order valence-corrected chi connectivity index (χ3v) is 3.99. The number of thiazole rings is 1. The molecule has 1 aromatic heterocycles. The Hall–Kier alpha value is -1.40. The molecule has 1 aromatic carbocycles. The van der Waals surface area contributed by atoms with Gasteiger partial charge in [-0.15, -0.1) is 11.3 Å². The van der Waals surface area contributed by atoms with Crippen molar-refractivity contribution in [2.75, 3.05) is 6.54 Å². The summed E-state index contributed by atoms with van der Waals surface area (Å²) in [6.07, 6.45) is -2.94. The Morgan fingerprint density at radius 3 is 2.52 bits per heavy atom. The van der Waals surface area contributed by atoms with Gasteiger partial charge in [0.15, 0.2) is 5.01 Å². The lowest BCUT2D eigenvalue weighted by Crippen LogP contribution is -2.24. The molecule has 1 N–H and O–H groups in total. The molecule has 0 aliphatic carbocycles. The second kappa shape index (κ2) is 7.04. The van der Waals surface area contributed by atoms with Gasteiger partial charge < -0.3 is 5.32 Å². The van der Waals surface area contributed by atoms with Gasteiger partial charge in [-0.2, -0.15) is 13.2 Å². The van der Waals surface area contributed by atoms with E-state index in [1.54, 1.807) is 0 Å². The lowest BCUT2D eigenvalue weighted by molar-refractivity contribution is -0.137. The molecular weight excluding hydrogens is 297 g/mol. The fourth-order valence-corrected chi connectivity index (χ4v) is 2.75. The van der Waals surface area contributed by atoms with E-state index in [-0.39, 0.29) is 6.04 Å². The Bertz CT molecular complexity index is 552. The van der Waals surface area contributed by atoms with Crippen molar-refractivity contribution in [3.63, 3.8) is 0 Å². The van der Waals surface area contributed by atoms with E-state index < -0.39 is 11.2 Å². The first kappa shape index (κ1) is 16.0. The van der Waals surface area contributed by atoms with E-state index in [1.807, 2.05) is 30.3 Å². The predicted molar refractivity (Wildman–Crippen MR) is 78.3 cm³/mol. The lowest BCUT2D eigenvalue weighted by atomic mass is 10.0. The van der Waals surface area contributed by atoms with Crippen LogP contribution < -0.4 is 5.32 Å². The van der Waals surface area contributed by atoms with E-state index in [9.17, 15) is 13.2 Å². The molecule has 6 heteroatoms. The van der Waals surface area contributed by atoms with Crippen LogP contribution in [0.4, 0.5) is 13.2 Å². The van der Waals surface area contributed by atoms with E-state index in [4.69, 9.17) is 0 Å². The van der Waals surface area contributed by atoms with Gasteiger partial charge in [-0.1, -0.05) is 37.3 Å². The molecule has 21 heavy (non-hydrogen) atoms. The van der Waals surface area contributed by atoms with Crippen molar-refractivity contribution in [3.8, 4) is 0 Å². The van der Waals surface area contributed by atoms with Crippen LogP contribution in [0.2, 0.25) is 0 Å². The second-order valence-electron chi connectivity index (χ2n) is 4.76. The molecular formula is C15H17F3N2S. The number of rotatable bonds is 6. The predicted octanol–water partition coefficient (Wildman–Crippen LogP) is 4.45. The van der Waals surface area contributed by atoms with Crippen LogP contribution >= 0.6 is 11.3 Å². The monoisotopic (exact) mass is 314 g/mol. The number of hydrogen-bond acceptors (Lipinski definition) is 3. The van der Waals surface area contributed by atoms with Gasteiger partial charge in [0.05, 0.1) is 5.69 Å². The van der Waals surface area contributed by atoms with Crippen molar-refractivity contribution < 1.29 is 13.2 Å². The summed E-state index contributed by atoms with van der Waals surface area (Å²) < 4.78 is 37.8. The Balaban J connectivity index is 2.13. The summed E-state index contributed by atoms with van der Waals surface area (Å²) in [7, 11) is 0. The number of benzene rings is 1. The summed E-state index contributed by atoms with van der Waals surface area (Å²) in [5.41, 5.74) is 1.54. The van der Waals surface area contributed by atoms with Crippen LogP contribution in [0.5, 0.6) is 0 Å². The highest BCUT2D eigenvalue weighted by atomic mass is 32.1. The summed E-state index contributed by atoms with van der Waals surface area (Å²) >= 11 is 0.654. The number of halogens is 3. The number of alkyl halides is 3. The average molecular weight is 314 g/mol. The molecule has 0 aliphatic heterocycles. The first-order chi connectivity index (χ1) is 10.0. The van der Waals surface area contributed by atoms with E-state index in [0.29, 0.717) is 23.5 Å². The fourth-order valence-electron chi connectivity index (χ4n) is 2.05. The number of nitrogens with zero attached hydrogens (tertiary/aromatic N) is 1. The molecule has 114 valence electrons. The highest BCUT2D eigenvalue weighted by Crippen LogP contribution is 2.32. The lowest BCUT2D eigenvalue weighted by Gasteiger charge is -2.18. The topological polar surface area (TPSA) is 24.9 Å². The summed E-state index contributed by atoms with van der Waals surface area (Å²) in [5.74, 6) is 0. The minimum atomic E-state index is -4.36. The number of hydrogen-bond donors (Lipinski definition) is 1. The van der Waals surface area contributed by atoms with Crippen molar-refractivity contribution in [1.29, 1.82) is 0 Å². The normalized spacial score (nSPS) is 13.3. The standard InChI is InChI=1S/C15H17F3N2S/c1-2-8-19-13(11-6-4-3-5-7-11)9-12-10-21-14(20-12)15(16,17)18/h3-7,10,13,19H,2,8-9H2,1H3. The molecule has 0 amide bonds. The number of aromatic nitrogens is 1. The van der Waals surface area contributed by atoms with Crippen LogP contribution in [0.3, 0.4) is 0 Å². The molecule has 0 bridgehead atoms. The summed E-state index contributed by atoms with van der Waals surface area (Å²) in [6.45, 7) is 2.87. The zero-order valence-electron chi connectivity index (χ0n) is 11.7. The maximum Gasteiger partial charge on any atom is 0.443 e. The fraction of sp³-hybridized carbons (Fsp3) is 0.400. The first-order valence-electron chi connectivity index (χ1n) is 6.80. The molecule has 0 saturated heterocycles. The van der Waals surface area contributed by atoms with Crippen molar-refractivity contribution in [3.05, 3.63) is 52.0 Å². The van der Waals surface area contributed by atoms with E-state index >= 15 is 0 Å². The van der Waals surface area contributed by atoms with Gasteiger partial charge in [0, 0.05) is 17.8 Å². The molecule has 1 heterocycles. The zero-order chi connectivity index (χ0) is 15.3. The Morgan fingerprint density at radius 1 is 1.24 bits per heavy atom. The maximum absolute atomic E-state index is 12.6. The molecule has 0 saturated carbocycles. The third-order valence-electron chi connectivity index (χ3n) is 3.05. The summed E-state index contributed by atoms with van der Waals surface area (Å²) in [5, 5.41) is 4.08. The van der Waals surface area contributed by atoms with Gasteiger partial charge in [-0.3, -0.25) is 0 Å². The molecule has 0 spiro atoms. The highest BCUT2D eigenvalue weighted by Gasteiger charge is 2.34. The SMILES string of the molecule is CCCNC(Cc1csc(C(F)(F)F)n1)c1ccccc1. The van der Waals surface area contributed by atoms with Crippen molar-refractivity contribution in [2.24, 2.45) is 0 Å². The van der Waals surface area contributed by atoms with Crippen molar-refractivity contribution >= 4 is 11.3 Å². The molecule has 0 fully saturated rings. The van der Waals surface area contributed by atoms with Gasteiger partial charge in [0.25, 0.3) is 0 Å². The Kier molecular flexibility index (Phi) is 5.36. The van der Waals surface area contributed by atoms with Crippen LogP contribution in [-0.2, 0) is 12.6 Å². The molecule has 2 nitrogen and oxygen atoms in total. The average Bonchev–Trinajstić information content (AvgIpc) is 2.93. The third kappa shape index (κ3) is 4.54. The second-order valence-corrected chi connectivity index (χ2v) is 5.62. The van der Waals surface area contributed by atoms with Crippen LogP contribution in [0.25, 0.3) is 0 Å². The minimum Gasteiger partial charge on any atom is -0.310 e. The minimum absolute atomic E-state index is 0.0191. The largest absolute Gasteiger partial charge is 0.443 e. The van der Waals surface area contributed by atoms with Gasteiger partial charge in [-0.25, -0.2) is 4.98 Å². The van der Waals surface area contributed by atoms with Crippen molar-refractivity contribution in [2.45, 2.75) is 32.0 Å². The summed E-state index contributed by atoms with van der Waals surface area (Å²) in [4.78, 5) is 3.71. The molecule has 1 unspecified atom stereocenters. The molecule has 2 aromatic rings. The molecule has 0 radical (unpaired) electrons. The molecule has 2 rings (SSSR count). The maximum atomic E-state index is 12.6. The van der Waals surface area contributed by atoms with E-state index in [1.165, 1.54) is 5.38 Å². The van der Waals surface area contributed by atoms with Gasteiger partial charge in [0.1, 0.15) is 0 Å². The van der Waals surface area contributed by atoms with E-state index in [0.717, 1.165) is 18.5 Å². The van der Waals surface area contributed by atoms with Crippen LogP contribution in [-0.4, -0.2) is 11.5 Å². The smallest absolute Gasteiger partial charge is 0.310 e. The van der Waals surface area contributed by atoms with Gasteiger partial charge in [0.2, 0.25) is 0 Å². The van der Waals surface area contributed by atoms with Crippen molar-refractivity contribution in [1.82, 2.24) is 10.3 Å². The highest BCUT2D eigenvalue weighted by molar-refractivity contribution is 7.09. The van der Waals surface area contributed by atoms with Crippen LogP contribution in [0.15, 0.2) is 35.7 Å². The van der Waals surface area contributed by atoms with E-state index in [2.05, 4.69) is 17.2 Å². The quantitative estimate of drug-likeness (QED) is 0.852. The number of nitrogens with one attached hydrogen (secondary N) is 1. The Morgan fingerprint density at radius 2 is 1.95 bits per heavy atom. The van der Waals surface area contributed by atoms with Crippen LogP contribution in [0, 0.1) is 0 Å². The zero-order valence-corrected chi connectivity index (χ0v) is 12.5. The van der Waals surface area contributed by atoms with Gasteiger partial charge >= 0.3 is 6.18 Å². The molecule has 0 aliphatic rings. The van der Waals surface area contributed by atoms with Crippen LogP contribution in [0.1, 0.15) is 35.7 Å². The molecule has 1 atom stereocenters. The van der Waals surface area contributed by atoms with Gasteiger partial charge in [-0.05, 0) is 18.5 Å².